The van der Waals surface area contributed by atoms with E-state index in [1.165, 1.54) is 6.07 Å². The molecule has 2 rings (SSSR count). The second-order valence-corrected chi connectivity index (χ2v) is 7.75. The number of nitrogens with zero attached hydrogens (tertiary/aromatic N) is 2. The number of carbonyl (C=O) groups excluding carboxylic acids is 1. The number of hydrogen-bond donors (Lipinski definition) is 1. The second-order valence-electron chi connectivity index (χ2n) is 6.97. The third-order valence-electron chi connectivity index (χ3n) is 3.66. The molecule has 8 heteroatoms. The number of halogens is 2. The van der Waals surface area contributed by atoms with Crippen molar-refractivity contribution in [3.05, 3.63) is 16.4 Å². The monoisotopic (exact) mass is 375 g/mol. The fourth-order valence-corrected chi connectivity index (χ4v) is 2.98. The first-order valence-electron chi connectivity index (χ1n) is 8.03. The molecule has 0 aliphatic heterocycles. The van der Waals surface area contributed by atoms with Gasteiger partial charge in [-0.2, -0.15) is 9.97 Å². The van der Waals surface area contributed by atoms with Gasteiger partial charge in [-0.25, -0.2) is 4.79 Å². The first kappa shape index (κ1) is 19.1. The minimum Gasteiger partial charge on any atom is -0.463 e. The minimum absolute atomic E-state index is 0.146. The second kappa shape index (κ2) is 8.21. The van der Waals surface area contributed by atoms with Crippen LogP contribution in [0.4, 0.5) is 4.79 Å². The van der Waals surface area contributed by atoms with E-state index in [1.807, 2.05) is 20.8 Å². The smallest absolute Gasteiger partial charge is 0.407 e. The molecule has 1 N–H and O–H groups in total. The normalized spacial score (nSPS) is 21.2. The zero-order valence-corrected chi connectivity index (χ0v) is 15.7. The molecule has 6 nitrogen and oxygen atoms in total. The van der Waals surface area contributed by atoms with Gasteiger partial charge in [-0.3, -0.25) is 0 Å². The van der Waals surface area contributed by atoms with Gasteiger partial charge in [0.15, 0.2) is 0 Å². The Morgan fingerprint density at radius 2 is 1.79 bits per heavy atom. The topological polar surface area (TPSA) is 73.3 Å². The van der Waals surface area contributed by atoms with Crippen molar-refractivity contribution in [3.63, 3.8) is 0 Å². The predicted molar refractivity (Wildman–Crippen MR) is 92.7 cm³/mol. The Bertz CT molecular complexity index is 550. The zero-order valence-electron chi connectivity index (χ0n) is 14.1. The number of hydrogen-bond acceptors (Lipinski definition) is 5. The van der Waals surface area contributed by atoms with E-state index in [2.05, 4.69) is 15.3 Å². The Morgan fingerprint density at radius 1 is 1.21 bits per heavy atom. The fourth-order valence-electron chi connectivity index (χ4n) is 2.58. The highest BCUT2D eigenvalue weighted by Crippen LogP contribution is 2.25. The molecule has 1 aromatic rings. The molecular weight excluding hydrogens is 353 g/mol. The van der Waals surface area contributed by atoms with Crippen LogP contribution in [-0.2, 0) is 4.74 Å². The number of amides is 1. The molecule has 134 valence electrons. The maximum atomic E-state index is 11.8. The highest BCUT2D eigenvalue weighted by atomic mass is 35.5. The summed E-state index contributed by atoms with van der Waals surface area (Å²) in [4.78, 5) is 19.7. The van der Waals surface area contributed by atoms with Gasteiger partial charge in [0.1, 0.15) is 15.9 Å². The van der Waals surface area contributed by atoms with E-state index in [0.29, 0.717) is 12.5 Å². The van der Waals surface area contributed by atoms with Crippen molar-refractivity contribution < 1.29 is 14.3 Å². The van der Waals surface area contributed by atoms with Gasteiger partial charge in [-0.1, -0.05) is 23.2 Å². The molecule has 1 aliphatic carbocycles. The molecule has 24 heavy (non-hydrogen) atoms. The van der Waals surface area contributed by atoms with Crippen molar-refractivity contribution in [2.24, 2.45) is 5.92 Å². The average Bonchev–Trinajstić information content (AvgIpc) is 2.43. The van der Waals surface area contributed by atoms with Gasteiger partial charge in [0.2, 0.25) is 0 Å². The number of carbonyl (C=O) groups is 1. The largest absolute Gasteiger partial charge is 0.463 e. The van der Waals surface area contributed by atoms with E-state index >= 15 is 0 Å². The third kappa shape index (κ3) is 6.69. The molecule has 0 radical (unpaired) electrons. The zero-order chi connectivity index (χ0) is 17.7. The summed E-state index contributed by atoms with van der Waals surface area (Å²) in [6.07, 6.45) is 3.34. The summed E-state index contributed by atoms with van der Waals surface area (Å²) >= 11 is 11.6. The molecule has 0 spiro atoms. The molecule has 1 amide bonds. The summed E-state index contributed by atoms with van der Waals surface area (Å²) in [5.74, 6) is 0.392. The van der Waals surface area contributed by atoms with Crippen LogP contribution in [0.25, 0.3) is 0 Å². The Balaban J connectivity index is 1.72. The highest BCUT2D eigenvalue weighted by Gasteiger charge is 2.25. The van der Waals surface area contributed by atoms with E-state index in [4.69, 9.17) is 32.7 Å². The van der Waals surface area contributed by atoms with Gasteiger partial charge >= 0.3 is 12.1 Å². The van der Waals surface area contributed by atoms with Crippen molar-refractivity contribution in [1.82, 2.24) is 15.3 Å². The van der Waals surface area contributed by atoms with Crippen LogP contribution in [-0.4, -0.2) is 34.3 Å². The van der Waals surface area contributed by atoms with Gasteiger partial charge in [-0.05, 0) is 52.4 Å². The van der Waals surface area contributed by atoms with Crippen LogP contribution in [0.15, 0.2) is 6.07 Å². The van der Waals surface area contributed by atoms with Crippen molar-refractivity contribution >= 4 is 29.3 Å². The van der Waals surface area contributed by atoms with Crippen molar-refractivity contribution in [3.8, 4) is 6.01 Å². The van der Waals surface area contributed by atoms with Crippen LogP contribution in [0.2, 0.25) is 10.3 Å². The summed E-state index contributed by atoms with van der Waals surface area (Å²) in [6, 6.07) is 1.80. The lowest BCUT2D eigenvalue weighted by atomic mass is 9.86. The van der Waals surface area contributed by atoms with E-state index in [9.17, 15) is 4.79 Å². The molecular formula is C16H23Cl2N3O3. The molecule has 0 saturated heterocycles. The Labute approximate surface area is 152 Å². The predicted octanol–water partition coefficient (Wildman–Crippen LogP) is 4.25. The summed E-state index contributed by atoms with van der Waals surface area (Å²) in [7, 11) is 0. The van der Waals surface area contributed by atoms with Gasteiger partial charge in [0.05, 0.1) is 6.61 Å². The van der Waals surface area contributed by atoms with Gasteiger partial charge in [0, 0.05) is 12.1 Å². The molecule has 0 atom stereocenters. The minimum atomic E-state index is -0.479. The quantitative estimate of drug-likeness (QED) is 0.796. The highest BCUT2D eigenvalue weighted by molar-refractivity contribution is 6.33. The van der Waals surface area contributed by atoms with Crippen LogP contribution in [0, 0.1) is 5.92 Å². The number of alkyl carbamates (subject to hydrolysis) is 1. The summed E-state index contributed by atoms with van der Waals surface area (Å²) in [5, 5.41) is 3.44. The fraction of sp³-hybridized carbons (Fsp3) is 0.688. The van der Waals surface area contributed by atoms with E-state index < -0.39 is 5.60 Å². The number of aromatic nitrogens is 2. The lowest BCUT2D eigenvalue weighted by Crippen LogP contribution is -2.41. The van der Waals surface area contributed by atoms with Crippen LogP contribution >= 0.6 is 23.2 Å². The Kier molecular flexibility index (Phi) is 6.52. The molecule has 1 heterocycles. The van der Waals surface area contributed by atoms with Crippen molar-refractivity contribution in [1.29, 1.82) is 0 Å². The van der Waals surface area contributed by atoms with Gasteiger partial charge < -0.3 is 14.8 Å². The average molecular weight is 376 g/mol. The lowest BCUT2D eigenvalue weighted by Gasteiger charge is -2.29. The van der Waals surface area contributed by atoms with Crippen LogP contribution in [0.5, 0.6) is 6.01 Å². The Morgan fingerprint density at radius 3 is 2.33 bits per heavy atom. The van der Waals surface area contributed by atoms with Gasteiger partial charge in [-0.15, -0.1) is 0 Å². The number of ether oxygens (including phenoxy) is 2. The SMILES string of the molecule is CC(C)(C)OC(=O)N[C@H]1CC[C@H](COc2nc(Cl)cc(Cl)n2)CC1. The van der Waals surface area contributed by atoms with Crippen LogP contribution in [0.3, 0.4) is 0 Å². The third-order valence-corrected chi connectivity index (χ3v) is 4.05. The van der Waals surface area contributed by atoms with Crippen LogP contribution in [0.1, 0.15) is 46.5 Å². The molecule has 1 aliphatic rings. The summed E-state index contributed by atoms with van der Waals surface area (Å²) in [5.41, 5.74) is -0.479. The maximum absolute atomic E-state index is 11.8. The molecule has 0 aromatic carbocycles. The molecule has 1 fully saturated rings. The first-order valence-corrected chi connectivity index (χ1v) is 8.79. The first-order chi connectivity index (χ1) is 11.2. The summed E-state index contributed by atoms with van der Waals surface area (Å²) < 4.78 is 10.9. The Hall–Kier alpha value is -1.27. The van der Waals surface area contributed by atoms with E-state index in [1.54, 1.807) is 0 Å². The maximum Gasteiger partial charge on any atom is 0.407 e. The summed E-state index contributed by atoms with van der Waals surface area (Å²) in [6.45, 7) is 6.07. The van der Waals surface area contributed by atoms with Crippen molar-refractivity contribution in [2.75, 3.05) is 6.61 Å². The van der Waals surface area contributed by atoms with Gasteiger partial charge in [0.25, 0.3) is 0 Å². The standard InChI is InChI=1S/C16H23Cl2N3O3/c1-16(2,3)24-15(22)19-11-6-4-10(5-7-11)9-23-14-20-12(17)8-13(18)21-14/h8,10-11H,4-7,9H2,1-3H3,(H,19,22)/t10-,11-. The van der Waals surface area contributed by atoms with Crippen LogP contribution < -0.4 is 10.1 Å². The molecule has 0 bridgehead atoms. The van der Waals surface area contributed by atoms with Crippen molar-refractivity contribution in [2.45, 2.75) is 58.1 Å². The van der Waals surface area contributed by atoms with E-state index in [-0.39, 0.29) is 28.5 Å². The molecule has 1 aromatic heterocycles. The molecule has 1 saturated carbocycles. The van der Waals surface area contributed by atoms with E-state index in [0.717, 1.165) is 25.7 Å². The number of nitrogens with one attached hydrogen (secondary N) is 1. The molecule has 0 unspecified atom stereocenters. The lowest BCUT2D eigenvalue weighted by molar-refractivity contribution is 0.0483. The number of rotatable bonds is 4.